The first-order valence-electron chi connectivity index (χ1n) is 8.77. The van der Waals surface area contributed by atoms with Gasteiger partial charge in [0.05, 0.1) is 19.1 Å². The molecule has 0 saturated carbocycles. The van der Waals surface area contributed by atoms with E-state index in [0.717, 1.165) is 24.2 Å². The summed E-state index contributed by atoms with van der Waals surface area (Å²) in [6.07, 6.45) is 3.78. The normalized spacial score (nSPS) is 19.6. The van der Waals surface area contributed by atoms with Crippen molar-refractivity contribution in [1.29, 1.82) is 0 Å². The van der Waals surface area contributed by atoms with Crippen LogP contribution in [0.5, 0.6) is 5.75 Å². The highest BCUT2D eigenvalue weighted by atomic mass is 32.1. The van der Waals surface area contributed by atoms with Gasteiger partial charge in [0.15, 0.2) is 5.13 Å². The molecule has 6 nitrogen and oxygen atoms in total. The quantitative estimate of drug-likeness (QED) is 0.806. The molecule has 1 fully saturated rings. The van der Waals surface area contributed by atoms with Gasteiger partial charge < -0.3 is 15.0 Å². The first-order valence-corrected chi connectivity index (χ1v) is 9.65. The summed E-state index contributed by atoms with van der Waals surface area (Å²) >= 11 is 1.37. The Morgan fingerprint density at radius 2 is 2.15 bits per heavy atom. The maximum absolute atomic E-state index is 12.8. The maximum atomic E-state index is 12.8. The Labute approximate surface area is 157 Å². The molecule has 1 aromatic heterocycles. The van der Waals surface area contributed by atoms with Gasteiger partial charge in [-0.05, 0) is 24.1 Å². The summed E-state index contributed by atoms with van der Waals surface area (Å²) in [5, 5.41) is 5.22. The first kappa shape index (κ1) is 18.4. The fourth-order valence-electron chi connectivity index (χ4n) is 3.31. The summed E-state index contributed by atoms with van der Waals surface area (Å²) in [5.74, 6) is 0.185. The smallest absolute Gasteiger partial charge is 0.232 e. The zero-order valence-electron chi connectivity index (χ0n) is 15.0. The zero-order valence-corrected chi connectivity index (χ0v) is 15.8. The topological polar surface area (TPSA) is 71.5 Å². The second kappa shape index (κ2) is 8.31. The van der Waals surface area contributed by atoms with Crippen LogP contribution in [0.25, 0.3) is 0 Å². The van der Waals surface area contributed by atoms with Crippen LogP contribution in [0.15, 0.2) is 35.8 Å². The van der Waals surface area contributed by atoms with E-state index in [4.69, 9.17) is 4.74 Å². The Kier molecular flexibility index (Phi) is 5.88. The minimum absolute atomic E-state index is 0.0264. The third-order valence-electron chi connectivity index (χ3n) is 4.64. The van der Waals surface area contributed by atoms with Crippen LogP contribution in [0, 0.1) is 5.92 Å². The molecule has 0 radical (unpaired) electrons. The molecule has 2 atom stereocenters. The van der Waals surface area contributed by atoms with E-state index in [0.29, 0.717) is 11.7 Å². The van der Waals surface area contributed by atoms with Crippen LogP contribution >= 0.6 is 11.3 Å². The fraction of sp³-hybridized carbons (Fsp3) is 0.421. The van der Waals surface area contributed by atoms with Crippen molar-refractivity contribution in [3.63, 3.8) is 0 Å². The Morgan fingerprint density at radius 1 is 1.38 bits per heavy atom. The number of carbonyl (C=O) groups excluding carboxylic acids is 2. The van der Waals surface area contributed by atoms with Crippen LogP contribution in [-0.4, -0.2) is 35.4 Å². The molecule has 0 spiro atoms. The number of thiazole rings is 1. The second-order valence-electron chi connectivity index (χ2n) is 6.30. The molecule has 7 heteroatoms. The van der Waals surface area contributed by atoms with Crippen LogP contribution in [-0.2, 0) is 9.59 Å². The highest BCUT2D eigenvalue weighted by molar-refractivity contribution is 7.13. The molecule has 1 aromatic carbocycles. The van der Waals surface area contributed by atoms with Crippen molar-refractivity contribution >= 4 is 28.3 Å². The van der Waals surface area contributed by atoms with Gasteiger partial charge in [0.2, 0.25) is 11.8 Å². The lowest BCUT2D eigenvalue weighted by Crippen LogP contribution is -2.33. The molecule has 26 heavy (non-hydrogen) atoms. The van der Waals surface area contributed by atoms with E-state index >= 15 is 0 Å². The molecular weight excluding hydrogens is 350 g/mol. The minimum atomic E-state index is -0.434. The number of amides is 2. The average molecular weight is 373 g/mol. The van der Waals surface area contributed by atoms with Crippen molar-refractivity contribution in [2.45, 2.75) is 32.2 Å². The summed E-state index contributed by atoms with van der Waals surface area (Å²) in [7, 11) is 1.62. The van der Waals surface area contributed by atoms with Crippen LogP contribution in [0.4, 0.5) is 5.13 Å². The number of ether oxygens (including phenoxy) is 1. The predicted octanol–water partition coefficient (Wildman–Crippen LogP) is 3.48. The third kappa shape index (κ3) is 3.88. The molecule has 0 bridgehead atoms. The molecule has 1 N–H and O–H groups in total. The lowest BCUT2D eigenvalue weighted by Gasteiger charge is -2.28. The second-order valence-corrected chi connectivity index (χ2v) is 7.19. The van der Waals surface area contributed by atoms with Crippen molar-refractivity contribution in [3.05, 3.63) is 41.4 Å². The van der Waals surface area contributed by atoms with Gasteiger partial charge in [0.1, 0.15) is 5.75 Å². The van der Waals surface area contributed by atoms with E-state index in [-0.39, 0.29) is 24.3 Å². The Hall–Kier alpha value is -2.41. The maximum Gasteiger partial charge on any atom is 0.232 e. The van der Waals surface area contributed by atoms with Crippen molar-refractivity contribution in [2.24, 2.45) is 5.92 Å². The van der Waals surface area contributed by atoms with E-state index in [2.05, 4.69) is 17.2 Å². The van der Waals surface area contributed by atoms with Gasteiger partial charge in [0.25, 0.3) is 0 Å². The van der Waals surface area contributed by atoms with Gasteiger partial charge in [-0.1, -0.05) is 25.5 Å². The number of hydrogen-bond acceptors (Lipinski definition) is 5. The highest BCUT2D eigenvalue weighted by Gasteiger charge is 2.44. The Balaban J connectivity index is 1.87. The van der Waals surface area contributed by atoms with Gasteiger partial charge >= 0.3 is 0 Å². The molecular formula is C19H23N3O3S. The average Bonchev–Trinajstić information content (AvgIpc) is 3.27. The molecule has 0 aliphatic carbocycles. The summed E-state index contributed by atoms with van der Waals surface area (Å²) in [5.41, 5.74) is 0.951. The Morgan fingerprint density at radius 3 is 2.77 bits per heavy atom. The van der Waals surface area contributed by atoms with E-state index in [9.17, 15) is 9.59 Å². The molecule has 2 heterocycles. The largest absolute Gasteiger partial charge is 0.497 e. The molecule has 1 aliphatic rings. The van der Waals surface area contributed by atoms with E-state index in [1.54, 1.807) is 13.3 Å². The summed E-state index contributed by atoms with van der Waals surface area (Å²) < 4.78 is 5.22. The van der Waals surface area contributed by atoms with Gasteiger partial charge in [0, 0.05) is 24.5 Å². The van der Waals surface area contributed by atoms with Gasteiger partial charge in [-0.2, -0.15) is 0 Å². The van der Waals surface area contributed by atoms with Gasteiger partial charge in [-0.3, -0.25) is 9.59 Å². The first-order chi connectivity index (χ1) is 12.6. The molecule has 138 valence electrons. The minimum Gasteiger partial charge on any atom is -0.497 e. The number of hydrogen-bond donors (Lipinski definition) is 1. The number of unbranched alkanes of at least 4 members (excludes halogenated alkanes) is 1. The van der Waals surface area contributed by atoms with Crippen molar-refractivity contribution < 1.29 is 14.3 Å². The predicted molar refractivity (Wildman–Crippen MR) is 101 cm³/mol. The number of nitrogens with zero attached hydrogens (tertiary/aromatic N) is 2. The fourth-order valence-corrected chi connectivity index (χ4v) is 3.85. The van der Waals surface area contributed by atoms with Crippen LogP contribution < -0.4 is 10.1 Å². The number of anilines is 1. The number of aromatic nitrogens is 1. The number of nitrogens with one attached hydrogen (secondary N) is 1. The molecule has 2 aromatic rings. The standard InChI is InChI=1S/C19H23N3O3S/c1-3-4-10-22-16(23)12-15(18(24)21-19-20-9-11-26-19)17(22)13-5-7-14(25-2)8-6-13/h5-9,11,15,17H,3-4,10,12H2,1-2H3,(H,20,21,24)/t15-,17+/m1/s1. The monoisotopic (exact) mass is 373 g/mol. The van der Waals surface area contributed by atoms with Crippen molar-refractivity contribution in [1.82, 2.24) is 9.88 Å². The third-order valence-corrected chi connectivity index (χ3v) is 5.33. The molecule has 0 unspecified atom stereocenters. The number of rotatable bonds is 7. The molecule has 2 amide bonds. The molecule has 1 saturated heterocycles. The van der Waals surface area contributed by atoms with E-state index < -0.39 is 5.92 Å². The lowest BCUT2D eigenvalue weighted by atomic mass is 9.92. The molecule has 3 rings (SSSR count). The van der Waals surface area contributed by atoms with E-state index in [1.165, 1.54) is 11.3 Å². The lowest BCUT2D eigenvalue weighted by molar-refractivity contribution is -0.129. The van der Waals surface area contributed by atoms with Crippen LogP contribution in [0.3, 0.4) is 0 Å². The number of methoxy groups -OCH3 is 1. The number of carbonyl (C=O) groups is 2. The SMILES string of the molecule is CCCCN1C(=O)C[C@@H](C(=O)Nc2nccs2)[C@@H]1c1ccc(OC)cc1. The van der Waals surface area contributed by atoms with Crippen LogP contribution in [0.2, 0.25) is 0 Å². The van der Waals surface area contributed by atoms with Gasteiger partial charge in [-0.15, -0.1) is 11.3 Å². The summed E-state index contributed by atoms with van der Waals surface area (Å²) in [4.78, 5) is 31.4. The van der Waals surface area contributed by atoms with E-state index in [1.807, 2.05) is 34.5 Å². The summed E-state index contributed by atoms with van der Waals surface area (Å²) in [6, 6.07) is 7.34. The highest BCUT2D eigenvalue weighted by Crippen LogP contribution is 2.39. The van der Waals surface area contributed by atoms with Gasteiger partial charge in [-0.25, -0.2) is 4.98 Å². The number of benzene rings is 1. The summed E-state index contributed by atoms with van der Waals surface area (Å²) in [6.45, 7) is 2.75. The van der Waals surface area contributed by atoms with Crippen LogP contribution in [0.1, 0.15) is 37.8 Å². The van der Waals surface area contributed by atoms with Crippen molar-refractivity contribution in [3.8, 4) is 5.75 Å². The number of likely N-dealkylation sites (tertiary alicyclic amines) is 1. The zero-order chi connectivity index (χ0) is 18.5. The van der Waals surface area contributed by atoms with Crippen molar-refractivity contribution in [2.75, 3.05) is 19.0 Å². The molecule has 1 aliphatic heterocycles. The Bertz CT molecular complexity index is 746.